The van der Waals surface area contributed by atoms with Crippen LogP contribution >= 0.6 is 0 Å². The summed E-state index contributed by atoms with van der Waals surface area (Å²) in [6, 6.07) is 10.8. The van der Waals surface area contributed by atoms with Gasteiger partial charge in [-0.3, -0.25) is 9.52 Å². The van der Waals surface area contributed by atoms with Crippen molar-refractivity contribution < 1.29 is 26.4 Å². The van der Waals surface area contributed by atoms with E-state index in [1.165, 1.54) is 18.2 Å². The average molecular weight is 413 g/mol. The number of nitrogens with one attached hydrogen (secondary N) is 1. The van der Waals surface area contributed by atoms with E-state index in [2.05, 4.69) is 4.72 Å². The van der Waals surface area contributed by atoms with Crippen LogP contribution in [-0.2, 0) is 27.9 Å². The summed E-state index contributed by atoms with van der Waals surface area (Å²) in [6.07, 6.45) is -4.96. The van der Waals surface area contributed by atoms with Gasteiger partial charge in [0.25, 0.3) is 10.0 Å². The molecule has 0 radical (unpaired) electrons. The molecular formula is C18H18F3N3O3S. The molecule has 0 bridgehead atoms. The SMILES string of the molecule is CN(C)c1cccc(NS(=O)(=O)c2ccc3c(c2)CN(C(=O)C(F)(F)F)C3)c1. The van der Waals surface area contributed by atoms with Crippen LogP contribution in [0.5, 0.6) is 0 Å². The third-order valence-corrected chi connectivity index (χ3v) is 5.73. The van der Waals surface area contributed by atoms with Crippen LogP contribution < -0.4 is 9.62 Å². The van der Waals surface area contributed by atoms with Gasteiger partial charge in [-0.2, -0.15) is 13.2 Å². The molecule has 0 aliphatic carbocycles. The Labute approximate surface area is 160 Å². The summed E-state index contributed by atoms with van der Waals surface area (Å²) in [5.74, 6) is -1.94. The van der Waals surface area contributed by atoms with Gasteiger partial charge in [-0.1, -0.05) is 12.1 Å². The molecule has 0 aromatic heterocycles. The minimum absolute atomic E-state index is 0.0807. The Morgan fingerprint density at radius 1 is 1.07 bits per heavy atom. The summed E-state index contributed by atoms with van der Waals surface area (Å²) in [5.41, 5.74) is 2.03. The van der Waals surface area contributed by atoms with E-state index in [1.54, 1.807) is 18.2 Å². The largest absolute Gasteiger partial charge is 0.471 e. The van der Waals surface area contributed by atoms with Crippen LogP contribution in [0, 0.1) is 0 Å². The molecule has 0 atom stereocenters. The molecule has 0 unspecified atom stereocenters. The molecule has 1 amide bonds. The zero-order valence-electron chi connectivity index (χ0n) is 15.1. The maximum absolute atomic E-state index is 12.7. The fraction of sp³-hybridized carbons (Fsp3) is 0.278. The third kappa shape index (κ3) is 4.06. The van der Waals surface area contributed by atoms with Crippen LogP contribution in [0.1, 0.15) is 11.1 Å². The van der Waals surface area contributed by atoms with Gasteiger partial charge in [0.15, 0.2) is 0 Å². The van der Waals surface area contributed by atoms with Crippen LogP contribution in [0.3, 0.4) is 0 Å². The number of benzene rings is 2. The number of halogens is 3. The topological polar surface area (TPSA) is 69.7 Å². The first kappa shape index (κ1) is 20.0. The molecule has 2 aromatic carbocycles. The third-order valence-electron chi connectivity index (χ3n) is 4.35. The van der Waals surface area contributed by atoms with Crippen molar-refractivity contribution in [2.45, 2.75) is 24.2 Å². The van der Waals surface area contributed by atoms with Gasteiger partial charge >= 0.3 is 12.1 Å². The molecular weight excluding hydrogens is 395 g/mol. The van der Waals surface area contributed by atoms with Crippen molar-refractivity contribution in [1.29, 1.82) is 0 Å². The molecule has 150 valence electrons. The molecule has 1 heterocycles. The molecule has 3 rings (SSSR count). The minimum atomic E-state index is -4.96. The van der Waals surface area contributed by atoms with Gasteiger partial charge in [-0.05, 0) is 41.5 Å². The molecule has 2 aromatic rings. The minimum Gasteiger partial charge on any atom is -0.378 e. The standard InChI is InChI=1S/C18H18F3N3O3S/c1-23(2)15-5-3-4-14(9-15)22-28(26,27)16-7-6-12-10-24(11-13(12)8-16)17(25)18(19,20)21/h3-9,22H,10-11H2,1-2H3. The van der Waals surface area contributed by atoms with Gasteiger partial charge in [0, 0.05) is 32.9 Å². The number of sulfonamides is 1. The average Bonchev–Trinajstić information content (AvgIpc) is 3.03. The lowest BCUT2D eigenvalue weighted by atomic mass is 10.1. The highest BCUT2D eigenvalue weighted by Gasteiger charge is 2.44. The Morgan fingerprint density at radius 2 is 1.75 bits per heavy atom. The van der Waals surface area contributed by atoms with Crippen molar-refractivity contribution in [3.05, 3.63) is 53.6 Å². The van der Waals surface area contributed by atoms with Crippen molar-refractivity contribution in [2.24, 2.45) is 0 Å². The molecule has 1 N–H and O–H groups in total. The highest BCUT2D eigenvalue weighted by molar-refractivity contribution is 7.92. The fourth-order valence-corrected chi connectivity index (χ4v) is 4.02. The lowest BCUT2D eigenvalue weighted by Gasteiger charge is -2.16. The number of amides is 1. The number of anilines is 2. The number of fused-ring (bicyclic) bond motifs is 1. The van der Waals surface area contributed by atoms with Crippen molar-refractivity contribution >= 4 is 27.3 Å². The fourth-order valence-electron chi connectivity index (χ4n) is 2.92. The van der Waals surface area contributed by atoms with E-state index in [9.17, 15) is 26.4 Å². The van der Waals surface area contributed by atoms with E-state index in [1.807, 2.05) is 25.1 Å². The van der Waals surface area contributed by atoms with Gasteiger partial charge < -0.3 is 9.80 Å². The highest BCUT2D eigenvalue weighted by atomic mass is 32.2. The highest BCUT2D eigenvalue weighted by Crippen LogP contribution is 2.30. The molecule has 0 fully saturated rings. The van der Waals surface area contributed by atoms with E-state index in [-0.39, 0.29) is 18.0 Å². The lowest BCUT2D eigenvalue weighted by molar-refractivity contribution is -0.186. The summed E-state index contributed by atoms with van der Waals surface area (Å²) in [4.78, 5) is 13.8. The first-order valence-corrected chi connectivity index (χ1v) is 9.74. The maximum Gasteiger partial charge on any atom is 0.471 e. The molecule has 28 heavy (non-hydrogen) atoms. The first-order chi connectivity index (χ1) is 13.0. The van der Waals surface area contributed by atoms with Crippen molar-refractivity contribution in [2.75, 3.05) is 23.7 Å². The number of alkyl halides is 3. The number of hydrogen-bond donors (Lipinski definition) is 1. The van der Waals surface area contributed by atoms with E-state index >= 15 is 0 Å². The van der Waals surface area contributed by atoms with Crippen LogP contribution in [0.2, 0.25) is 0 Å². The molecule has 0 saturated heterocycles. The molecule has 6 nitrogen and oxygen atoms in total. The van der Waals surface area contributed by atoms with Crippen LogP contribution in [0.25, 0.3) is 0 Å². The summed E-state index contributed by atoms with van der Waals surface area (Å²) in [7, 11) is -0.295. The van der Waals surface area contributed by atoms with Crippen LogP contribution in [0.4, 0.5) is 24.5 Å². The lowest BCUT2D eigenvalue weighted by Crippen LogP contribution is -2.37. The smallest absolute Gasteiger partial charge is 0.378 e. The Morgan fingerprint density at radius 3 is 2.39 bits per heavy atom. The van der Waals surface area contributed by atoms with Gasteiger partial charge in [-0.25, -0.2) is 8.42 Å². The molecule has 0 saturated carbocycles. The van der Waals surface area contributed by atoms with Gasteiger partial charge in [0.2, 0.25) is 0 Å². The van der Waals surface area contributed by atoms with Crippen LogP contribution in [0.15, 0.2) is 47.4 Å². The number of hydrogen-bond acceptors (Lipinski definition) is 4. The normalized spacial score (nSPS) is 14.0. The zero-order valence-corrected chi connectivity index (χ0v) is 15.9. The van der Waals surface area contributed by atoms with E-state index < -0.39 is 22.1 Å². The van der Waals surface area contributed by atoms with Crippen molar-refractivity contribution in [1.82, 2.24) is 4.90 Å². The zero-order chi connectivity index (χ0) is 20.7. The van der Waals surface area contributed by atoms with Crippen LogP contribution in [-0.4, -0.2) is 39.5 Å². The van der Waals surface area contributed by atoms with E-state index in [0.717, 1.165) is 5.69 Å². The Bertz CT molecular complexity index is 1020. The molecule has 0 spiro atoms. The number of rotatable bonds is 4. The van der Waals surface area contributed by atoms with Gasteiger partial charge in [-0.15, -0.1) is 0 Å². The predicted octanol–water partition coefficient (Wildman–Crippen LogP) is 2.96. The van der Waals surface area contributed by atoms with Gasteiger partial charge in [0.05, 0.1) is 10.6 Å². The number of carbonyl (C=O) groups is 1. The summed E-state index contributed by atoms with van der Waals surface area (Å²) >= 11 is 0. The van der Waals surface area contributed by atoms with E-state index in [0.29, 0.717) is 21.7 Å². The Kier molecular flexibility index (Phi) is 5.00. The molecule has 10 heteroatoms. The summed E-state index contributed by atoms with van der Waals surface area (Å²) < 4.78 is 65.7. The maximum atomic E-state index is 12.7. The molecule has 1 aliphatic heterocycles. The monoisotopic (exact) mass is 413 g/mol. The Balaban J connectivity index is 1.83. The molecule has 1 aliphatic rings. The van der Waals surface area contributed by atoms with Crippen molar-refractivity contribution in [3.63, 3.8) is 0 Å². The van der Waals surface area contributed by atoms with Crippen molar-refractivity contribution in [3.8, 4) is 0 Å². The second-order valence-electron chi connectivity index (χ2n) is 6.64. The first-order valence-electron chi connectivity index (χ1n) is 8.25. The quantitative estimate of drug-likeness (QED) is 0.837. The summed E-state index contributed by atoms with van der Waals surface area (Å²) in [6.45, 7) is -0.487. The Hall–Kier alpha value is -2.75. The summed E-state index contributed by atoms with van der Waals surface area (Å²) in [5, 5.41) is 0. The number of nitrogens with zero attached hydrogens (tertiary/aromatic N) is 2. The second-order valence-corrected chi connectivity index (χ2v) is 8.32. The predicted molar refractivity (Wildman–Crippen MR) is 98.3 cm³/mol. The number of carbonyl (C=O) groups excluding carboxylic acids is 1. The van der Waals surface area contributed by atoms with E-state index in [4.69, 9.17) is 0 Å². The second kappa shape index (κ2) is 7.01. The van der Waals surface area contributed by atoms with Gasteiger partial charge in [0.1, 0.15) is 0 Å².